The molecule has 0 saturated heterocycles. The molecule has 1 atom stereocenters. The largest absolute Gasteiger partial charge is 0.508 e. The molecule has 1 heterocycles. The summed E-state index contributed by atoms with van der Waals surface area (Å²) in [6.45, 7) is 0. The van der Waals surface area contributed by atoms with Gasteiger partial charge in [-0.25, -0.2) is 10.5 Å². The van der Waals surface area contributed by atoms with E-state index < -0.39 is 12.0 Å². The number of oxazole rings is 1. The summed E-state index contributed by atoms with van der Waals surface area (Å²) in [5.74, 6) is 0.146. The summed E-state index contributed by atoms with van der Waals surface area (Å²) in [5.41, 5.74) is 4.31. The zero-order valence-electron chi connectivity index (χ0n) is 14.1. The second kappa shape index (κ2) is 7.99. The first-order valence-electron chi connectivity index (χ1n) is 8.37. The molecule has 0 fully saturated rings. The SMILES string of the molecule is O=C(CCCCC(O)c1ccc(-c2nc3ccc(O)cc3o2)cc1)NO. The molecule has 3 aromatic rings. The first-order chi connectivity index (χ1) is 12.6. The number of carbonyl (C=O) groups is 1. The van der Waals surface area contributed by atoms with E-state index in [0.29, 0.717) is 36.3 Å². The number of carbonyl (C=O) groups excluding carboxylic acids is 1. The molecule has 4 N–H and O–H groups in total. The van der Waals surface area contributed by atoms with Crippen molar-refractivity contribution < 1.29 is 24.6 Å². The van der Waals surface area contributed by atoms with Crippen molar-refractivity contribution in [3.63, 3.8) is 0 Å². The molecule has 26 heavy (non-hydrogen) atoms. The maximum atomic E-state index is 10.9. The number of amides is 1. The van der Waals surface area contributed by atoms with E-state index in [2.05, 4.69) is 4.98 Å². The molecule has 0 aliphatic rings. The van der Waals surface area contributed by atoms with Crippen molar-refractivity contribution in [2.24, 2.45) is 0 Å². The monoisotopic (exact) mass is 356 g/mol. The van der Waals surface area contributed by atoms with E-state index in [4.69, 9.17) is 9.62 Å². The number of aromatic hydroxyl groups is 1. The number of rotatable bonds is 7. The van der Waals surface area contributed by atoms with Crippen LogP contribution in [-0.2, 0) is 4.79 Å². The Hall–Kier alpha value is -2.90. The van der Waals surface area contributed by atoms with E-state index in [1.165, 1.54) is 6.07 Å². The van der Waals surface area contributed by atoms with Crippen LogP contribution in [0.15, 0.2) is 46.9 Å². The fourth-order valence-electron chi connectivity index (χ4n) is 2.73. The minimum atomic E-state index is -0.623. The van der Waals surface area contributed by atoms with E-state index >= 15 is 0 Å². The van der Waals surface area contributed by atoms with Gasteiger partial charge in [-0.1, -0.05) is 18.6 Å². The predicted octanol–water partition coefficient (Wildman–Crippen LogP) is 3.30. The van der Waals surface area contributed by atoms with Crippen LogP contribution in [0.3, 0.4) is 0 Å². The molecule has 0 aliphatic heterocycles. The van der Waals surface area contributed by atoms with E-state index in [-0.39, 0.29) is 12.2 Å². The van der Waals surface area contributed by atoms with Crippen LogP contribution in [0.2, 0.25) is 0 Å². The molecular formula is C19H20N2O5. The topological polar surface area (TPSA) is 116 Å². The third-order valence-electron chi connectivity index (χ3n) is 4.17. The number of hydrogen-bond donors (Lipinski definition) is 4. The molecule has 0 bridgehead atoms. The number of fused-ring (bicyclic) bond motifs is 1. The Balaban J connectivity index is 1.62. The second-order valence-corrected chi connectivity index (χ2v) is 6.09. The van der Waals surface area contributed by atoms with Crippen molar-refractivity contribution in [3.8, 4) is 17.2 Å². The van der Waals surface area contributed by atoms with Crippen molar-refractivity contribution in [2.45, 2.75) is 31.8 Å². The lowest BCUT2D eigenvalue weighted by molar-refractivity contribution is -0.129. The summed E-state index contributed by atoms with van der Waals surface area (Å²) in [4.78, 5) is 15.3. The molecule has 136 valence electrons. The van der Waals surface area contributed by atoms with Crippen LogP contribution in [0.1, 0.15) is 37.4 Å². The lowest BCUT2D eigenvalue weighted by Gasteiger charge is -2.11. The highest BCUT2D eigenvalue weighted by molar-refractivity contribution is 5.77. The quantitative estimate of drug-likeness (QED) is 0.293. The van der Waals surface area contributed by atoms with Crippen LogP contribution in [0.25, 0.3) is 22.6 Å². The van der Waals surface area contributed by atoms with E-state index in [9.17, 15) is 15.0 Å². The maximum absolute atomic E-state index is 10.9. The summed E-state index contributed by atoms with van der Waals surface area (Å²) in [6, 6.07) is 12.0. The van der Waals surface area contributed by atoms with Crippen LogP contribution in [-0.4, -0.2) is 26.3 Å². The molecule has 1 aromatic heterocycles. The Morgan fingerprint density at radius 2 is 1.92 bits per heavy atom. The Labute approximate surface area is 149 Å². The van der Waals surface area contributed by atoms with Gasteiger partial charge in [0.05, 0.1) is 6.10 Å². The van der Waals surface area contributed by atoms with Gasteiger partial charge >= 0.3 is 0 Å². The van der Waals surface area contributed by atoms with Gasteiger partial charge in [-0.3, -0.25) is 10.0 Å². The standard InChI is InChI=1S/C19H20N2O5/c22-14-9-10-15-17(11-14)26-19(20-15)13-7-5-12(6-8-13)16(23)3-1-2-4-18(24)21-25/h5-11,16,22-23,25H,1-4H2,(H,21,24). The molecule has 7 heteroatoms. The number of hydroxylamine groups is 1. The van der Waals surface area contributed by atoms with Crippen LogP contribution in [0.5, 0.6) is 5.75 Å². The minimum absolute atomic E-state index is 0.121. The Morgan fingerprint density at radius 1 is 1.15 bits per heavy atom. The number of benzene rings is 2. The van der Waals surface area contributed by atoms with Crippen LogP contribution in [0, 0.1) is 0 Å². The number of nitrogens with one attached hydrogen (secondary N) is 1. The fourth-order valence-corrected chi connectivity index (χ4v) is 2.73. The average Bonchev–Trinajstić information content (AvgIpc) is 3.08. The zero-order chi connectivity index (χ0) is 18.5. The number of aliphatic hydroxyl groups excluding tert-OH is 1. The number of unbranched alkanes of at least 4 members (excludes halogenated alkanes) is 1. The summed E-state index contributed by atoms with van der Waals surface area (Å²) >= 11 is 0. The molecule has 0 aliphatic carbocycles. The van der Waals surface area contributed by atoms with Gasteiger partial charge < -0.3 is 14.6 Å². The maximum Gasteiger partial charge on any atom is 0.243 e. The smallest absolute Gasteiger partial charge is 0.243 e. The van der Waals surface area contributed by atoms with E-state index in [1.54, 1.807) is 17.6 Å². The Kier molecular flexibility index (Phi) is 5.50. The van der Waals surface area contributed by atoms with Crippen molar-refractivity contribution in [2.75, 3.05) is 0 Å². The first-order valence-corrected chi connectivity index (χ1v) is 8.37. The van der Waals surface area contributed by atoms with E-state index in [1.807, 2.05) is 24.3 Å². The molecule has 3 rings (SSSR count). The number of aromatic nitrogens is 1. The Morgan fingerprint density at radius 3 is 2.65 bits per heavy atom. The number of aliphatic hydroxyl groups is 1. The summed E-state index contributed by atoms with van der Waals surface area (Å²) in [5, 5.41) is 28.2. The van der Waals surface area contributed by atoms with Gasteiger partial charge in [-0.05, 0) is 42.7 Å². The normalized spacial score (nSPS) is 12.2. The van der Waals surface area contributed by atoms with Crippen LogP contribution >= 0.6 is 0 Å². The molecule has 0 radical (unpaired) electrons. The van der Waals surface area contributed by atoms with Gasteiger partial charge in [-0.2, -0.15) is 0 Å². The van der Waals surface area contributed by atoms with Crippen molar-refractivity contribution in [1.29, 1.82) is 0 Å². The highest BCUT2D eigenvalue weighted by Crippen LogP contribution is 2.28. The highest BCUT2D eigenvalue weighted by atomic mass is 16.5. The van der Waals surface area contributed by atoms with Gasteiger partial charge in [0.2, 0.25) is 11.8 Å². The fraction of sp³-hybridized carbons (Fsp3) is 0.263. The molecule has 1 unspecified atom stereocenters. The summed E-state index contributed by atoms with van der Waals surface area (Å²) < 4.78 is 5.66. The third kappa shape index (κ3) is 4.19. The number of nitrogens with zero attached hydrogens (tertiary/aromatic N) is 1. The first kappa shape index (κ1) is 17.9. The average molecular weight is 356 g/mol. The van der Waals surface area contributed by atoms with Gasteiger partial charge in [0, 0.05) is 18.1 Å². The molecule has 0 saturated carbocycles. The van der Waals surface area contributed by atoms with Gasteiger partial charge in [0.15, 0.2) is 5.58 Å². The lowest BCUT2D eigenvalue weighted by Crippen LogP contribution is -2.17. The lowest BCUT2D eigenvalue weighted by atomic mass is 10.0. The minimum Gasteiger partial charge on any atom is -0.508 e. The molecule has 7 nitrogen and oxygen atoms in total. The van der Waals surface area contributed by atoms with Crippen molar-refractivity contribution >= 4 is 17.0 Å². The zero-order valence-corrected chi connectivity index (χ0v) is 14.1. The van der Waals surface area contributed by atoms with Crippen LogP contribution in [0.4, 0.5) is 0 Å². The van der Waals surface area contributed by atoms with E-state index in [0.717, 1.165) is 11.1 Å². The van der Waals surface area contributed by atoms with Crippen LogP contribution < -0.4 is 5.48 Å². The van der Waals surface area contributed by atoms with Gasteiger partial charge in [0.1, 0.15) is 11.3 Å². The molecular weight excluding hydrogens is 336 g/mol. The van der Waals surface area contributed by atoms with Gasteiger partial charge in [-0.15, -0.1) is 0 Å². The number of phenolic OH excluding ortho intramolecular Hbond substituents is 1. The molecule has 0 spiro atoms. The third-order valence-corrected chi connectivity index (χ3v) is 4.17. The molecule has 1 amide bonds. The summed E-state index contributed by atoms with van der Waals surface area (Å²) in [6.07, 6.45) is 1.40. The highest BCUT2D eigenvalue weighted by Gasteiger charge is 2.11. The number of phenols is 1. The Bertz CT molecular complexity index is 889. The van der Waals surface area contributed by atoms with Gasteiger partial charge in [0.25, 0.3) is 0 Å². The predicted molar refractivity (Wildman–Crippen MR) is 94.5 cm³/mol. The second-order valence-electron chi connectivity index (χ2n) is 6.09. The van der Waals surface area contributed by atoms with Crippen molar-refractivity contribution in [3.05, 3.63) is 48.0 Å². The summed E-state index contributed by atoms with van der Waals surface area (Å²) in [7, 11) is 0. The molecule has 2 aromatic carbocycles. The number of hydrogen-bond acceptors (Lipinski definition) is 6. The van der Waals surface area contributed by atoms with Crippen molar-refractivity contribution in [1.82, 2.24) is 10.5 Å².